The first-order valence-electron chi connectivity index (χ1n) is 14.9. The average molecular weight is 566 g/mol. The van der Waals surface area contributed by atoms with Crippen molar-refractivity contribution in [2.45, 2.75) is 76.7 Å². The number of aliphatic hydroxyl groups is 1. The van der Waals surface area contributed by atoms with Gasteiger partial charge in [-0.3, -0.25) is 14.4 Å². The Morgan fingerprint density at radius 2 is 1.66 bits per heavy atom. The van der Waals surface area contributed by atoms with E-state index in [-0.39, 0.29) is 24.3 Å². The predicted molar refractivity (Wildman–Crippen MR) is 155 cm³/mol. The number of aliphatic hydroxyl groups excluding tert-OH is 1. The van der Waals surface area contributed by atoms with Gasteiger partial charge in [0.15, 0.2) is 0 Å². The van der Waals surface area contributed by atoms with Crippen LogP contribution in [0.15, 0.2) is 48.6 Å². The van der Waals surface area contributed by atoms with Crippen LogP contribution in [0, 0.1) is 11.8 Å². The molecule has 1 spiro atoms. The third-order valence-corrected chi connectivity index (χ3v) is 9.02. The number of carbonyl (C=O) groups is 3. The Kier molecular flexibility index (Phi) is 7.80. The van der Waals surface area contributed by atoms with Crippen LogP contribution in [0.5, 0.6) is 5.75 Å². The van der Waals surface area contributed by atoms with Gasteiger partial charge < -0.3 is 29.3 Å². The zero-order valence-electron chi connectivity index (χ0n) is 24.8. The fourth-order valence-electron chi connectivity index (χ4n) is 7.12. The smallest absolute Gasteiger partial charge is 0.249 e. The number of ether oxygens (including phenoxy) is 2. The number of rotatable bonds is 8. The van der Waals surface area contributed by atoms with E-state index >= 15 is 0 Å². The van der Waals surface area contributed by atoms with Crippen molar-refractivity contribution < 1.29 is 29.0 Å². The van der Waals surface area contributed by atoms with Gasteiger partial charge in [0.05, 0.1) is 24.0 Å². The van der Waals surface area contributed by atoms with E-state index in [1.807, 2.05) is 83.2 Å². The van der Waals surface area contributed by atoms with E-state index in [0.29, 0.717) is 51.2 Å². The van der Waals surface area contributed by atoms with Crippen LogP contribution in [0.3, 0.4) is 0 Å². The lowest BCUT2D eigenvalue weighted by Crippen LogP contribution is -2.59. The first-order chi connectivity index (χ1) is 19.5. The van der Waals surface area contributed by atoms with Crippen molar-refractivity contribution in [2.24, 2.45) is 11.8 Å². The van der Waals surface area contributed by atoms with Crippen molar-refractivity contribution >= 4 is 23.4 Å². The van der Waals surface area contributed by atoms with E-state index in [2.05, 4.69) is 0 Å². The molecule has 9 nitrogen and oxygen atoms in total. The van der Waals surface area contributed by atoms with E-state index in [9.17, 15) is 19.5 Å². The van der Waals surface area contributed by atoms with Gasteiger partial charge in [-0.1, -0.05) is 31.2 Å². The molecule has 5 atom stereocenters. The molecule has 1 aromatic rings. The van der Waals surface area contributed by atoms with Gasteiger partial charge in [-0.25, -0.2) is 0 Å². The van der Waals surface area contributed by atoms with Crippen LogP contribution in [0.2, 0.25) is 0 Å². The van der Waals surface area contributed by atoms with Gasteiger partial charge in [0.1, 0.15) is 17.4 Å². The van der Waals surface area contributed by atoms with Gasteiger partial charge in [0.25, 0.3) is 0 Å². The lowest BCUT2D eigenvalue weighted by molar-refractivity contribution is -0.155. The first kappa shape index (κ1) is 29.3. The molecule has 2 saturated heterocycles. The molecule has 0 radical (unpaired) electrons. The standard InChI is InChI=1S/C32H43N3O6/c1-6-31-16-10-19-33(22-12-14-23(15-13-22)40-7-2)27(37)24(31)25-28(38)34(18-8-9-21-36)26-29(39)35(30(3,4)5)20-11-17-32(25,26)41-31/h10-17,24-26,36H,6-9,18-21H2,1-5H3/t24-,25+,26?,31+,32+/m1/s1. The van der Waals surface area contributed by atoms with Crippen molar-refractivity contribution in [1.29, 1.82) is 0 Å². The summed E-state index contributed by atoms with van der Waals surface area (Å²) in [4.78, 5) is 48.5. The van der Waals surface area contributed by atoms with Gasteiger partial charge in [-0.15, -0.1) is 0 Å². The number of likely N-dealkylation sites (tertiary alicyclic amines) is 1. The van der Waals surface area contributed by atoms with Crippen molar-refractivity contribution in [2.75, 3.05) is 37.7 Å². The number of amides is 3. The van der Waals surface area contributed by atoms with Gasteiger partial charge >= 0.3 is 0 Å². The lowest BCUT2D eigenvalue weighted by atomic mass is 9.73. The highest BCUT2D eigenvalue weighted by Gasteiger charge is 2.75. The largest absolute Gasteiger partial charge is 0.494 e. The third-order valence-electron chi connectivity index (χ3n) is 9.02. The minimum Gasteiger partial charge on any atom is -0.494 e. The maximum atomic E-state index is 14.6. The third kappa shape index (κ3) is 4.67. The summed E-state index contributed by atoms with van der Waals surface area (Å²) in [5.41, 5.74) is -2.08. The lowest BCUT2D eigenvalue weighted by Gasteiger charge is -2.41. The minimum atomic E-state index is -1.28. The number of hydrogen-bond acceptors (Lipinski definition) is 6. The summed E-state index contributed by atoms with van der Waals surface area (Å²) < 4.78 is 12.6. The maximum Gasteiger partial charge on any atom is 0.249 e. The highest BCUT2D eigenvalue weighted by Crippen LogP contribution is 2.59. The molecule has 9 heteroatoms. The SMILES string of the molecule is CCOc1ccc(N2CC=C[C@]3(CC)O[C@]45C=CCN(C(C)(C)C)C(=O)C4N(CCCCO)C(=O)[C@@H]5[C@@H]3C2=O)cc1. The molecule has 3 amide bonds. The molecule has 0 saturated carbocycles. The number of carbonyl (C=O) groups excluding carboxylic acids is 3. The van der Waals surface area contributed by atoms with Crippen LogP contribution >= 0.6 is 0 Å². The molecule has 0 bridgehead atoms. The van der Waals surface area contributed by atoms with Crippen LogP contribution in [-0.4, -0.2) is 88.3 Å². The molecule has 5 rings (SSSR count). The van der Waals surface area contributed by atoms with Crippen molar-refractivity contribution in [3.05, 3.63) is 48.6 Å². The van der Waals surface area contributed by atoms with E-state index in [1.165, 1.54) is 0 Å². The summed E-state index contributed by atoms with van der Waals surface area (Å²) >= 11 is 0. The molecule has 0 aromatic heterocycles. The van der Waals surface area contributed by atoms with Crippen molar-refractivity contribution in [1.82, 2.24) is 9.80 Å². The number of hydrogen-bond donors (Lipinski definition) is 1. The number of benzene rings is 1. The molecule has 41 heavy (non-hydrogen) atoms. The summed E-state index contributed by atoms with van der Waals surface area (Å²) in [7, 11) is 0. The van der Waals surface area contributed by atoms with Gasteiger partial charge in [0.2, 0.25) is 17.7 Å². The van der Waals surface area contributed by atoms with Crippen LogP contribution in [0.4, 0.5) is 5.69 Å². The second-order valence-corrected chi connectivity index (χ2v) is 12.4. The zero-order chi connectivity index (χ0) is 29.6. The van der Waals surface area contributed by atoms with Gasteiger partial charge in [-0.2, -0.15) is 0 Å². The number of fused-ring (bicyclic) bond motifs is 2. The Bertz CT molecular complexity index is 1240. The molecule has 4 aliphatic rings. The monoisotopic (exact) mass is 565 g/mol. The van der Waals surface area contributed by atoms with E-state index in [1.54, 1.807) is 14.7 Å². The van der Waals surface area contributed by atoms with Crippen LogP contribution in [-0.2, 0) is 19.1 Å². The topological polar surface area (TPSA) is 99.6 Å². The fraction of sp³-hybridized carbons (Fsp3) is 0.594. The zero-order valence-corrected chi connectivity index (χ0v) is 24.8. The molecule has 1 N–H and O–H groups in total. The number of unbranched alkanes of at least 4 members (excludes halogenated alkanes) is 1. The summed E-state index contributed by atoms with van der Waals surface area (Å²) in [5, 5.41) is 9.43. The predicted octanol–water partition coefficient (Wildman–Crippen LogP) is 3.32. The normalized spacial score (nSPS) is 31.2. The number of nitrogens with zero attached hydrogens (tertiary/aromatic N) is 3. The number of anilines is 1. The molecule has 1 aromatic carbocycles. The van der Waals surface area contributed by atoms with Gasteiger partial charge in [0, 0.05) is 37.5 Å². The van der Waals surface area contributed by atoms with E-state index in [0.717, 1.165) is 5.75 Å². The molecule has 0 aliphatic carbocycles. The molecule has 1 unspecified atom stereocenters. The average Bonchev–Trinajstić information content (AvgIpc) is 3.21. The Morgan fingerprint density at radius 3 is 2.29 bits per heavy atom. The molecule has 4 heterocycles. The summed E-state index contributed by atoms with van der Waals surface area (Å²) in [6.07, 6.45) is 9.24. The Labute approximate surface area is 242 Å². The molecular formula is C32H43N3O6. The van der Waals surface area contributed by atoms with Crippen molar-refractivity contribution in [3.8, 4) is 5.75 Å². The molecular weight excluding hydrogens is 522 g/mol. The summed E-state index contributed by atoms with van der Waals surface area (Å²) in [6.45, 7) is 11.4. The molecule has 2 fully saturated rings. The van der Waals surface area contributed by atoms with Gasteiger partial charge in [-0.05, 0) is 71.2 Å². The molecule has 4 aliphatic heterocycles. The van der Waals surface area contributed by atoms with E-state index < -0.39 is 34.6 Å². The Morgan fingerprint density at radius 1 is 0.951 bits per heavy atom. The minimum absolute atomic E-state index is 0.00162. The summed E-state index contributed by atoms with van der Waals surface area (Å²) in [5.74, 6) is -1.55. The Hall–Kier alpha value is -3.17. The van der Waals surface area contributed by atoms with Crippen molar-refractivity contribution in [3.63, 3.8) is 0 Å². The quantitative estimate of drug-likeness (QED) is 0.384. The Balaban J connectivity index is 1.61. The van der Waals surface area contributed by atoms with E-state index in [4.69, 9.17) is 9.47 Å². The maximum absolute atomic E-state index is 14.6. The second kappa shape index (κ2) is 10.9. The van der Waals surface area contributed by atoms with Crippen LogP contribution < -0.4 is 9.64 Å². The fourth-order valence-corrected chi connectivity index (χ4v) is 7.12. The van der Waals surface area contributed by atoms with Crippen LogP contribution in [0.1, 0.15) is 53.9 Å². The highest BCUT2D eigenvalue weighted by atomic mass is 16.5. The second-order valence-electron chi connectivity index (χ2n) is 12.4. The highest BCUT2D eigenvalue weighted by molar-refractivity contribution is 6.04. The first-order valence-corrected chi connectivity index (χ1v) is 14.9. The molecule has 222 valence electrons. The summed E-state index contributed by atoms with van der Waals surface area (Å²) in [6, 6.07) is 6.50. The van der Waals surface area contributed by atoms with Crippen LogP contribution in [0.25, 0.3) is 0 Å².